The normalized spacial score (nSPS) is 12.0. The summed E-state index contributed by atoms with van der Waals surface area (Å²) in [5.41, 5.74) is 1.28. The first-order valence-electron chi connectivity index (χ1n) is 8.20. The Bertz CT molecular complexity index is 843. The van der Waals surface area contributed by atoms with E-state index in [9.17, 15) is 8.42 Å². The standard InChI is InChI=1S/C19H24ClNO4S/c1-19(2,3)14-5-8-16(9-6-14)25-12-11-21-26(22,23)18-13-15(20)7-10-17(18)24-4/h5-10,13,21H,11-12H2,1-4H3. The maximum atomic E-state index is 12.4. The number of hydrogen-bond donors (Lipinski definition) is 1. The van der Waals surface area contributed by atoms with Crippen molar-refractivity contribution in [1.29, 1.82) is 0 Å². The molecule has 2 aromatic rings. The molecule has 0 bridgehead atoms. The van der Waals surface area contributed by atoms with Crippen LogP contribution in [0.25, 0.3) is 0 Å². The summed E-state index contributed by atoms with van der Waals surface area (Å²) < 4.78 is 38.0. The van der Waals surface area contributed by atoms with Gasteiger partial charge in [0.05, 0.1) is 7.11 Å². The molecule has 0 amide bonds. The smallest absolute Gasteiger partial charge is 0.244 e. The fraction of sp³-hybridized carbons (Fsp3) is 0.368. The number of benzene rings is 2. The number of sulfonamides is 1. The lowest BCUT2D eigenvalue weighted by Crippen LogP contribution is -2.28. The molecule has 0 aliphatic heterocycles. The van der Waals surface area contributed by atoms with Crippen LogP contribution in [0.15, 0.2) is 47.4 Å². The van der Waals surface area contributed by atoms with E-state index >= 15 is 0 Å². The van der Waals surface area contributed by atoms with Gasteiger partial charge in [0.15, 0.2) is 0 Å². The Balaban J connectivity index is 1.94. The Hall–Kier alpha value is -1.76. The molecular formula is C19H24ClNO4S. The fourth-order valence-electron chi connectivity index (χ4n) is 2.33. The van der Waals surface area contributed by atoms with Crippen LogP contribution in [-0.4, -0.2) is 28.7 Å². The monoisotopic (exact) mass is 397 g/mol. The van der Waals surface area contributed by atoms with Gasteiger partial charge in [0.2, 0.25) is 10.0 Å². The van der Waals surface area contributed by atoms with Crippen LogP contribution in [0.5, 0.6) is 11.5 Å². The van der Waals surface area contributed by atoms with Crippen molar-refractivity contribution in [2.75, 3.05) is 20.3 Å². The van der Waals surface area contributed by atoms with Crippen LogP contribution in [0.4, 0.5) is 0 Å². The van der Waals surface area contributed by atoms with Gasteiger partial charge in [-0.3, -0.25) is 0 Å². The summed E-state index contributed by atoms with van der Waals surface area (Å²) in [6, 6.07) is 12.2. The van der Waals surface area contributed by atoms with Gasteiger partial charge in [0.1, 0.15) is 23.0 Å². The predicted octanol–water partition coefficient (Wildman–Crippen LogP) is 4.00. The molecular weight excluding hydrogens is 374 g/mol. The van der Waals surface area contributed by atoms with Gasteiger partial charge in [-0.2, -0.15) is 0 Å². The van der Waals surface area contributed by atoms with Gasteiger partial charge in [-0.05, 0) is 41.3 Å². The Morgan fingerprint density at radius 3 is 2.31 bits per heavy atom. The average Bonchev–Trinajstić information content (AvgIpc) is 2.58. The fourth-order valence-corrected chi connectivity index (χ4v) is 3.78. The van der Waals surface area contributed by atoms with Crippen LogP contribution in [0.1, 0.15) is 26.3 Å². The second-order valence-electron chi connectivity index (χ2n) is 6.82. The van der Waals surface area contributed by atoms with Crippen LogP contribution >= 0.6 is 11.6 Å². The highest BCUT2D eigenvalue weighted by Gasteiger charge is 2.19. The molecule has 1 N–H and O–H groups in total. The lowest BCUT2D eigenvalue weighted by Gasteiger charge is -2.19. The Morgan fingerprint density at radius 1 is 1.08 bits per heavy atom. The second-order valence-corrected chi connectivity index (χ2v) is 8.99. The minimum absolute atomic E-state index is 0.00188. The number of ether oxygens (including phenoxy) is 2. The van der Waals surface area contributed by atoms with Gasteiger partial charge in [-0.15, -0.1) is 0 Å². The van der Waals surface area contributed by atoms with Crippen molar-refractivity contribution < 1.29 is 17.9 Å². The summed E-state index contributed by atoms with van der Waals surface area (Å²) in [6.07, 6.45) is 0. The van der Waals surface area contributed by atoms with Crippen molar-refractivity contribution in [1.82, 2.24) is 4.72 Å². The van der Waals surface area contributed by atoms with E-state index in [2.05, 4.69) is 25.5 Å². The summed E-state index contributed by atoms with van der Waals surface area (Å²) in [5.74, 6) is 0.929. The van der Waals surface area contributed by atoms with Crippen LogP contribution in [0, 0.1) is 0 Å². The Kier molecular flexibility index (Phi) is 6.55. The Morgan fingerprint density at radius 2 is 1.73 bits per heavy atom. The van der Waals surface area contributed by atoms with E-state index in [-0.39, 0.29) is 29.2 Å². The van der Waals surface area contributed by atoms with Gasteiger partial charge in [-0.25, -0.2) is 13.1 Å². The van der Waals surface area contributed by atoms with E-state index in [4.69, 9.17) is 21.1 Å². The maximum Gasteiger partial charge on any atom is 0.244 e. The summed E-state index contributed by atoms with van der Waals surface area (Å²) in [5, 5.41) is 0.321. The first-order valence-corrected chi connectivity index (χ1v) is 10.1. The molecule has 26 heavy (non-hydrogen) atoms. The average molecular weight is 398 g/mol. The topological polar surface area (TPSA) is 64.6 Å². The molecule has 0 aliphatic rings. The molecule has 0 aromatic heterocycles. The molecule has 2 rings (SSSR count). The van der Waals surface area contributed by atoms with Crippen LogP contribution in [0.3, 0.4) is 0 Å². The van der Waals surface area contributed by atoms with E-state index in [0.29, 0.717) is 10.8 Å². The van der Waals surface area contributed by atoms with Crippen LogP contribution < -0.4 is 14.2 Å². The first-order chi connectivity index (χ1) is 12.1. The summed E-state index contributed by atoms with van der Waals surface area (Å²) in [6.45, 7) is 6.75. The molecule has 2 aromatic carbocycles. The third kappa shape index (κ3) is 5.37. The van der Waals surface area contributed by atoms with Crippen LogP contribution in [-0.2, 0) is 15.4 Å². The summed E-state index contributed by atoms with van der Waals surface area (Å²) in [7, 11) is -2.34. The third-order valence-electron chi connectivity index (χ3n) is 3.80. The molecule has 7 heteroatoms. The van der Waals surface area contributed by atoms with Gasteiger partial charge in [-0.1, -0.05) is 44.5 Å². The van der Waals surface area contributed by atoms with Crippen molar-refractivity contribution >= 4 is 21.6 Å². The highest BCUT2D eigenvalue weighted by Crippen LogP contribution is 2.27. The molecule has 0 spiro atoms. The number of methoxy groups -OCH3 is 1. The molecule has 0 unspecified atom stereocenters. The minimum Gasteiger partial charge on any atom is -0.495 e. The minimum atomic E-state index is -3.75. The molecule has 0 fully saturated rings. The lowest BCUT2D eigenvalue weighted by atomic mass is 9.87. The molecule has 0 atom stereocenters. The molecule has 0 aliphatic carbocycles. The summed E-state index contributed by atoms with van der Waals surface area (Å²) in [4.78, 5) is 0.00188. The number of nitrogens with one attached hydrogen (secondary N) is 1. The van der Waals surface area contributed by atoms with E-state index in [1.54, 1.807) is 6.07 Å². The molecule has 0 saturated carbocycles. The highest BCUT2D eigenvalue weighted by molar-refractivity contribution is 7.89. The van der Waals surface area contributed by atoms with Gasteiger partial charge in [0, 0.05) is 11.6 Å². The number of hydrogen-bond acceptors (Lipinski definition) is 4. The van der Waals surface area contributed by atoms with Crippen LogP contribution in [0.2, 0.25) is 5.02 Å². The van der Waals surface area contributed by atoms with Crippen molar-refractivity contribution in [2.24, 2.45) is 0 Å². The maximum absolute atomic E-state index is 12.4. The summed E-state index contributed by atoms with van der Waals surface area (Å²) >= 11 is 5.89. The van der Waals surface area contributed by atoms with Gasteiger partial charge in [0.25, 0.3) is 0 Å². The predicted molar refractivity (Wildman–Crippen MR) is 104 cm³/mol. The van der Waals surface area contributed by atoms with E-state index in [0.717, 1.165) is 0 Å². The second kappa shape index (κ2) is 8.29. The zero-order valence-corrected chi connectivity index (χ0v) is 16.9. The first kappa shape index (κ1) is 20.6. The van der Waals surface area contributed by atoms with Crippen molar-refractivity contribution in [3.63, 3.8) is 0 Å². The van der Waals surface area contributed by atoms with E-state index in [1.807, 2.05) is 24.3 Å². The largest absolute Gasteiger partial charge is 0.495 e. The quantitative estimate of drug-likeness (QED) is 0.717. The van der Waals surface area contributed by atoms with Crippen molar-refractivity contribution in [3.8, 4) is 11.5 Å². The zero-order valence-electron chi connectivity index (χ0n) is 15.4. The van der Waals surface area contributed by atoms with Crippen molar-refractivity contribution in [3.05, 3.63) is 53.1 Å². The third-order valence-corrected chi connectivity index (χ3v) is 5.52. The SMILES string of the molecule is COc1ccc(Cl)cc1S(=O)(=O)NCCOc1ccc(C(C)(C)C)cc1. The number of rotatable bonds is 7. The van der Waals surface area contributed by atoms with E-state index in [1.165, 1.54) is 24.8 Å². The molecule has 0 saturated heterocycles. The van der Waals surface area contributed by atoms with Gasteiger partial charge >= 0.3 is 0 Å². The molecule has 0 radical (unpaired) electrons. The van der Waals surface area contributed by atoms with Gasteiger partial charge < -0.3 is 9.47 Å². The highest BCUT2D eigenvalue weighted by atomic mass is 35.5. The molecule has 5 nitrogen and oxygen atoms in total. The van der Waals surface area contributed by atoms with Crippen molar-refractivity contribution in [2.45, 2.75) is 31.1 Å². The number of halogens is 1. The lowest BCUT2D eigenvalue weighted by molar-refractivity contribution is 0.322. The zero-order chi connectivity index (χ0) is 19.4. The van der Waals surface area contributed by atoms with E-state index < -0.39 is 10.0 Å². The molecule has 142 valence electrons. The molecule has 0 heterocycles. The Labute approximate surface area is 160 Å².